The number of carbonyl (C=O) groups excluding carboxylic acids is 2. The monoisotopic (exact) mass is 443 g/mol. The summed E-state index contributed by atoms with van der Waals surface area (Å²) < 4.78 is 36.7. The highest BCUT2D eigenvalue weighted by Crippen LogP contribution is 2.26. The van der Waals surface area contributed by atoms with Crippen LogP contribution in [0.1, 0.15) is 12.5 Å². The number of ether oxygens (including phenoxy) is 2. The van der Waals surface area contributed by atoms with Gasteiger partial charge in [-0.3, -0.25) is 10.1 Å². The third-order valence-corrected chi connectivity index (χ3v) is 4.72. The number of aromatic nitrogens is 1. The van der Waals surface area contributed by atoms with E-state index in [2.05, 4.69) is 10.3 Å². The number of nitrogens with one attached hydrogen (secondary N) is 1. The van der Waals surface area contributed by atoms with Crippen molar-refractivity contribution < 1.29 is 27.8 Å². The number of hydrogen-bond donors (Lipinski definition) is 1. The van der Waals surface area contributed by atoms with Crippen molar-refractivity contribution in [1.82, 2.24) is 4.98 Å². The van der Waals surface area contributed by atoms with Gasteiger partial charge in [-0.2, -0.15) is 5.26 Å². The topological polar surface area (TPSA) is 101 Å². The van der Waals surface area contributed by atoms with Crippen molar-refractivity contribution in [3.63, 3.8) is 0 Å². The van der Waals surface area contributed by atoms with Gasteiger partial charge in [0.2, 0.25) is 0 Å². The lowest BCUT2D eigenvalue weighted by atomic mass is 10.2. The van der Waals surface area contributed by atoms with Gasteiger partial charge in [0.15, 0.2) is 29.5 Å². The van der Waals surface area contributed by atoms with E-state index in [9.17, 15) is 18.4 Å². The molecule has 158 valence electrons. The molecule has 0 aliphatic carbocycles. The molecule has 31 heavy (non-hydrogen) atoms. The number of benzene rings is 2. The minimum atomic E-state index is -1.12. The Kier molecular flexibility index (Phi) is 6.89. The molecule has 1 N–H and O–H groups in total. The van der Waals surface area contributed by atoms with Crippen LogP contribution in [0.25, 0.3) is 11.3 Å². The molecule has 1 unspecified atom stereocenters. The summed E-state index contributed by atoms with van der Waals surface area (Å²) in [7, 11) is 0. The molecule has 1 heterocycles. The molecule has 3 aromatic rings. The molecule has 0 bridgehead atoms. The van der Waals surface area contributed by atoms with Crippen LogP contribution in [0.5, 0.6) is 5.75 Å². The summed E-state index contributed by atoms with van der Waals surface area (Å²) in [5.74, 6) is -2.96. The first-order chi connectivity index (χ1) is 14.9. The van der Waals surface area contributed by atoms with Gasteiger partial charge >= 0.3 is 5.97 Å². The van der Waals surface area contributed by atoms with Gasteiger partial charge in [0.1, 0.15) is 5.75 Å². The fraction of sp³-hybridized carbons (Fsp3) is 0.143. The van der Waals surface area contributed by atoms with Crippen molar-refractivity contribution in [1.29, 1.82) is 5.26 Å². The molecule has 10 heteroatoms. The third-order valence-electron chi connectivity index (χ3n) is 3.97. The summed E-state index contributed by atoms with van der Waals surface area (Å²) in [6.45, 7) is 0.972. The maximum Gasteiger partial charge on any atom is 0.344 e. The van der Waals surface area contributed by atoms with Crippen molar-refractivity contribution in [2.24, 2.45) is 0 Å². The van der Waals surface area contributed by atoms with Crippen molar-refractivity contribution >= 4 is 28.3 Å². The standard InChI is InChI=1S/C21H15F2N3O4S/c1-12(30-19(27)10-29-15-5-2-13(9-24)3-6-15)20(28)26-21-25-18(11-31-21)14-4-7-16(22)17(23)8-14/h2-8,11-12H,10H2,1H3,(H,25,26,28). The second kappa shape index (κ2) is 9.77. The van der Waals surface area contributed by atoms with Crippen LogP contribution in [0.15, 0.2) is 47.8 Å². The van der Waals surface area contributed by atoms with Crippen LogP contribution in [0.4, 0.5) is 13.9 Å². The number of hydrogen-bond acceptors (Lipinski definition) is 7. The van der Waals surface area contributed by atoms with E-state index < -0.39 is 36.2 Å². The Balaban J connectivity index is 1.50. The van der Waals surface area contributed by atoms with Gasteiger partial charge in [0.05, 0.1) is 17.3 Å². The smallest absolute Gasteiger partial charge is 0.344 e. The predicted molar refractivity (Wildman–Crippen MR) is 108 cm³/mol. The minimum absolute atomic E-state index is 0.210. The fourth-order valence-corrected chi connectivity index (χ4v) is 3.10. The molecule has 3 rings (SSSR count). The van der Waals surface area contributed by atoms with Crippen LogP contribution in [0.3, 0.4) is 0 Å². The number of amides is 1. The summed E-state index contributed by atoms with van der Waals surface area (Å²) in [4.78, 5) is 28.3. The Hall–Kier alpha value is -3.84. The van der Waals surface area contributed by atoms with Crippen molar-refractivity contribution in [3.8, 4) is 23.1 Å². The number of anilines is 1. The quantitative estimate of drug-likeness (QED) is 0.556. The molecule has 2 aromatic carbocycles. The van der Waals surface area contributed by atoms with E-state index in [1.807, 2.05) is 6.07 Å². The summed E-state index contributed by atoms with van der Waals surface area (Å²) >= 11 is 1.08. The van der Waals surface area contributed by atoms with E-state index in [-0.39, 0.29) is 5.13 Å². The maximum absolute atomic E-state index is 13.4. The molecule has 1 aromatic heterocycles. The van der Waals surface area contributed by atoms with Gasteiger partial charge in [-0.1, -0.05) is 0 Å². The molecule has 0 fully saturated rings. The van der Waals surface area contributed by atoms with E-state index >= 15 is 0 Å². The van der Waals surface area contributed by atoms with Crippen LogP contribution in [0, 0.1) is 23.0 Å². The van der Waals surface area contributed by atoms with Gasteiger partial charge in [-0.25, -0.2) is 18.6 Å². The number of carbonyl (C=O) groups is 2. The molecule has 0 saturated carbocycles. The first-order valence-corrected chi connectivity index (χ1v) is 9.78. The normalized spacial score (nSPS) is 11.3. The average molecular weight is 443 g/mol. The molecule has 0 spiro atoms. The van der Waals surface area contributed by atoms with Crippen molar-refractivity contribution in [2.45, 2.75) is 13.0 Å². The molecule has 0 radical (unpaired) electrons. The molecular formula is C21H15F2N3O4S. The zero-order chi connectivity index (χ0) is 22.4. The van der Waals surface area contributed by atoms with E-state index in [0.717, 1.165) is 23.5 Å². The molecule has 0 aliphatic heterocycles. The zero-order valence-electron chi connectivity index (χ0n) is 16.1. The highest BCUT2D eigenvalue weighted by Gasteiger charge is 2.20. The van der Waals surface area contributed by atoms with Crippen LogP contribution >= 0.6 is 11.3 Å². The Bertz CT molecular complexity index is 1140. The minimum Gasteiger partial charge on any atom is -0.482 e. The Morgan fingerprint density at radius 2 is 1.94 bits per heavy atom. The summed E-state index contributed by atoms with van der Waals surface area (Å²) in [5, 5.41) is 13.0. The lowest BCUT2D eigenvalue weighted by molar-refractivity contribution is -0.155. The number of nitrogens with zero attached hydrogens (tertiary/aromatic N) is 2. The number of esters is 1. The molecule has 1 amide bonds. The number of nitriles is 1. The molecular weight excluding hydrogens is 428 g/mol. The van der Waals surface area contributed by atoms with Gasteiger partial charge < -0.3 is 9.47 Å². The van der Waals surface area contributed by atoms with Gasteiger partial charge in [-0.15, -0.1) is 11.3 Å². The van der Waals surface area contributed by atoms with E-state index in [1.165, 1.54) is 25.1 Å². The van der Waals surface area contributed by atoms with Gasteiger partial charge in [0.25, 0.3) is 5.91 Å². The number of halogens is 2. The van der Waals surface area contributed by atoms with Crippen molar-refractivity contribution in [2.75, 3.05) is 11.9 Å². The van der Waals surface area contributed by atoms with Crippen LogP contribution in [0.2, 0.25) is 0 Å². The van der Waals surface area contributed by atoms with E-state index in [0.29, 0.717) is 22.6 Å². The Morgan fingerprint density at radius 1 is 1.19 bits per heavy atom. The summed E-state index contributed by atoms with van der Waals surface area (Å²) in [5.41, 5.74) is 1.17. The van der Waals surface area contributed by atoms with Gasteiger partial charge in [0, 0.05) is 10.9 Å². The van der Waals surface area contributed by atoms with Crippen molar-refractivity contribution in [3.05, 3.63) is 65.0 Å². The second-order valence-electron chi connectivity index (χ2n) is 6.21. The summed E-state index contributed by atoms with van der Waals surface area (Å²) in [6, 6.07) is 11.5. The molecule has 0 aliphatic rings. The highest BCUT2D eigenvalue weighted by atomic mass is 32.1. The number of rotatable bonds is 7. The Labute approximate surface area is 179 Å². The van der Waals surface area contributed by atoms with Crippen LogP contribution < -0.4 is 10.1 Å². The predicted octanol–water partition coefficient (Wildman–Crippen LogP) is 3.91. The molecule has 7 nitrogen and oxygen atoms in total. The zero-order valence-corrected chi connectivity index (χ0v) is 16.9. The average Bonchev–Trinajstić information content (AvgIpc) is 3.23. The van der Waals surface area contributed by atoms with Crippen LogP contribution in [-0.4, -0.2) is 29.6 Å². The van der Waals surface area contributed by atoms with Gasteiger partial charge in [-0.05, 0) is 49.4 Å². The third kappa shape index (κ3) is 5.83. The first-order valence-electron chi connectivity index (χ1n) is 8.90. The second-order valence-corrected chi connectivity index (χ2v) is 7.07. The SMILES string of the molecule is CC(OC(=O)COc1ccc(C#N)cc1)C(=O)Nc1nc(-c2ccc(F)c(F)c2)cs1. The lowest BCUT2D eigenvalue weighted by Gasteiger charge is -2.12. The Morgan fingerprint density at radius 3 is 2.61 bits per heavy atom. The largest absolute Gasteiger partial charge is 0.482 e. The summed E-state index contributed by atoms with van der Waals surface area (Å²) in [6.07, 6.45) is -1.12. The lowest BCUT2D eigenvalue weighted by Crippen LogP contribution is -2.31. The van der Waals surface area contributed by atoms with Crippen LogP contribution in [-0.2, 0) is 14.3 Å². The first kappa shape index (κ1) is 21.9. The van der Waals surface area contributed by atoms with E-state index in [4.69, 9.17) is 14.7 Å². The molecule has 1 atom stereocenters. The number of thiazole rings is 1. The fourth-order valence-electron chi connectivity index (χ4n) is 2.38. The van der Waals surface area contributed by atoms with E-state index in [1.54, 1.807) is 17.5 Å². The maximum atomic E-state index is 13.4. The molecule has 0 saturated heterocycles. The highest BCUT2D eigenvalue weighted by molar-refractivity contribution is 7.14.